The van der Waals surface area contributed by atoms with Crippen LogP contribution in [0.15, 0.2) is 28.6 Å². The Morgan fingerprint density at radius 2 is 2.09 bits per heavy atom. The number of aliphatic imine (C=N–C) groups is 1. The maximum atomic E-state index is 5.39. The second kappa shape index (κ2) is 7.32. The number of rotatable bonds is 5. The third-order valence-corrected chi connectivity index (χ3v) is 4.50. The molecule has 2 heterocycles. The van der Waals surface area contributed by atoms with Crippen LogP contribution in [-0.2, 0) is 19.5 Å². The lowest BCUT2D eigenvalue weighted by atomic mass is 10.2. The van der Waals surface area contributed by atoms with Gasteiger partial charge in [-0.3, -0.25) is 4.99 Å². The molecule has 0 unspecified atom stereocenters. The third kappa shape index (κ3) is 3.92. The van der Waals surface area contributed by atoms with Gasteiger partial charge >= 0.3 is 0 Å². The highest BCUT2D eigenvalue weighted by atomic mass is 32.1. The number of hydrogen-bond acceptors (Lipinski definition) is 5. The highest BCUT2D eigenvalue weighted by Crippen LogP contribution is 2.32. The van der Waals surface area contributed by atoms with Crippen molar-refractivity contribution in [2.24, 2.45) is 4.99 Å². The van der Waals surface area contributed by atoms with Crippen molar-refractivity contribution in [1.29, 1.82) is 0 Å². The molecule has 3 rings (SSSR count). The molecule has 2 aromatic rings. The van der Waals surface area contributed by atoms with E-state index in [2.05, 4.69) is 32.9 Å². The van der Waals surface area contributed by atoms with Gasteiger partial charge in [0.05, 0.1) is 17.2 Å². The lowest BCUT2D eigenvalue weighted by Gasteiger charge is -2.11. The van der Waals surface area contributed by atoms with E-state index in [0.29, 0.717) is 19.9 Å². The molecule has 1 aliphatic heterocycles. The van der Waals surface area contributed by atoms with Crippen LogP contribution in [0.3, 0.4) is 0 Å². The first-order valence-corrected chi connectivity index (χ1v) is 8.42. The van der Waals surface area contributed by atoms with Crippen molar-refractivity contribution < 1.29 is 9.47 Å². The highest BCUT2D eigenvalue weighted by Gasteiger charge is 2.13. The van der Waals surface area contributed by atoms with Crippen LogP contribution in [0.5, 0.6) is 11.5 Å². The number of benzene rings is 1. The van der Waals surface area contributed by atoms with Gasteiger partial charge in [-0.15, -0.1) is 11.3 Å². The van der Waals surface area contributed by atoms with Crippen molar-refractivity contribution in [2.45, 2.75) is 26.4 Å². The number of nitrogens with one attached hydrogen (secondary N) is 2. The number of hydrogen-bond donors (Lipinski definition) is 2. The Balaban J connectivity index is 1.51. The molecule has 0 atom stereocenters. The van der Waals surface area contributed by atoms with Gasteiger partial charge in [-0.2, -0.15) is 0 Å². The van der Waals surface area contributed by atoms with E-state index in [1.165, 1.54) is 0 Å². The maximum absolute atomic E-state index is 5.39. The fourth-order valence-corrected chi connectivity index (χ4v) is 2.97. The molecule has 7 heteroatoms. The van der Waals surface area contributed by atoms with Crippen LogP contribution in [-0.4, -0.2) is 24.8 Å². The van der Waals surface area contributed by atoms with Crippen LogP contribution in [0.4, 0.5) is 0 Å². The highest BCUT2D eigenvalue weighted by molar-refractivity contribution is 7.09. The Morgan fingerprint density at radius 3 is 2.87 bits per heavy atom. The fraction of sp³-hybridized carbons (Fsp3) is 0.375. The quantitative estimate of drug-likeness (QED) is 0.649. The normalized spacial score (nSPS) is 13.2. The van der Waals surface area contributed by atoms with Gasteiger partial charge < -0.3 is 20.1 Å². The SMILES string of the molecule is CCc1nc(CNC(=NC)NCc2ccc3c(c2)OCO3)cs1. The van der Waals surface area contributed by atoms with E-state index in [-0.39, 0.29) is 0 Å². The van der Waals surface area contributed by atoms with Crippen LogP contribution in [0, 0.1) is 0 Å². The van der Waals surface area contributed by atoms with Crippen molar-refractivity contribution in [3.8, 4) is 11.5 Å². The third-order valence-electron chi connectivity index (χ3n) is 3.46. The molecule has 122 valence electrons. The van der Waals surface area contributed by atoms with Gasteiger partial charge in [0.15, 0.2) is 17.5 Å². The lowest BCUT2D eigenvalue weighted by molar-refractivity contribution is 0.174. The summed E-state index contributed by atoms with van der Waals surface area (Å²) in [6.07, 6.45) is 0.974. The summed E-state index contributed by atoms with van der Waals surface area (Å²) in [5.74, 6) is 2.34. The standard InChI is InChI=1S/C16H20N4O2S/c1-3-15-20-12(9-23-15)8-19-16(17-2)18-7-11-4-5-13-14(6-11)22-10-21-13/h4-6,9H,3,7-8,10H2,1-2H3,(H2,17,18,19). The van der Waals surface area contributed by atoms with Gasteiger partial charge in [0.1, 0.15) is 0 Å². The summed E-state index contributed by atoms with van der Waals surface area (Å²) in [5.41, 5.74) is 2.15. The first-order chi connectivity index (χ1) is 11.3. The van der Waals surface area contributed by atoms with Crippen molar-refractivity contribution in [1.82, 2.24) is 15.6 Å². The number of thiazole rings is 1. The molecule has 0 radical (unpaired) electrons. The molecule has 1 aromatic carbocycles. The summed E-state index contributed by atoms with van der Waals surface area (Å²) in [6, 6.07) is 5.93. The number of aromatic nitrogens is 1. The van der Waals surface area contributed by atoms with Gasteiger partial charge in [-0.25, -0.2) is 4.98 Å². The largest absolute Gasteiger partial charge is 0.454 e. The van der Waals surface area contributed by atoms with Crippen molar-refractivity contribution in [2.75, 3.05) is 13.8 Å². The van der Waals surface area contributed by atoms with E-state index >= 15 is 0 Å². The molecule has 6 nitrogen and oxygen atoms in total. The van der Waals surface area contributed by atoms with E-state index in [1.54, 1.807) is 18.4 Å². The zero-order chi connectivity index (χ0) is 16.1. The van der Waals surface area contributed by atoms with Gasteiger partial charge in [0.2, 0.25) is 6.79 Å². The molecular formula is C16H20N4O2S. The van der Waals surface area contributed by atoms with E-state index in [9.17, 15) is 0 Å². The average molecular weight is 332 g/mol. The van der Waals surface area contributed by atoms with E-state index in [0.717, 1.165) is 40.1 Å². The fourth-order valence-electron chi connectivity index (χ4n) is 2.22. The van der Waals surface area contributed by atoms with Gasteiger partial charge in [0.25, 0.3) is 0 Å². The Kier molecular flexibility index (Phi) is 4.97. The molecule has 0 bridgehead atoms. The molecule has 2 N–H and O–H groups in total. The summed E-state index contributed by atoms with van der Waals surface area (Å²) in [6.45, 7) is 3.73. The zero-order valence-electron chi connectivity index (χ0n) is 13.3. The van der Waals surface area contributed by atoms with Gasteiger partial charge in [-0.1, -0.05) is 13.0 Å². The molecular weight excluding hydrogens is 312 g/mol. The first-order valence-electron chi connectivity index (χ1n) is 7.55. The summed E-state index contributed by atoms with van der Waals surface area (Å²) < 4.78 is 10.7. The molecule has 0 amide bonds. The van der Waals surface area contributed by atoms with Crippen molar-refractivity contribution in [3.63, 3.8) is 0 Å². The van der Waals surface area contributed by atoms with E-state index < -0.39 is 0 Å². The minimum absolute atomic E-state index is 0.294. The average Bonchev–Trinajstić information content (AvgIpc) is 3.23. The van der Waals surface area contributed by atoms with Crippen LogP contribution < -0.4 is 20.1 Å². The predicted octanol–water partition coefficient (Wildman–Crippen LogP) is 2.30. The van der Waals surface area contributed by atoms with Gasteiger partial charge in [-0.05, 0) is 24.1 Å². The minimum atomic E-state index is 0.294. The van der Waals surface area contributed by atoms with Crippen molar-refractivity contribution >= 4 is 17.3 Å². The summed E-state index contributed by atoms with van der Waals surface area (Å²) >= 11 is 1.69. The molecule has 1 aliphatic rings. The monoisotopic (exact) mass is 332 g/mol. The van der Waals surface area contributed by atoms with E-state index in [4.69, 9.17) is 9.47 Å². The Bertz CT molecular complexity index is 699. The molecule has 0 fully saturated rings. The van der Waals surface area contributed by atoms with Crippen LogP contribution in [0.1, 0.15) is 23.2 Å². The number of ether oxygens (including phenoxy) is 2. The van der Waals surface area contributed by atoms with E-state index in [1.807, 2.05) is 18.2 Å². The number of aryl methyl sites for hydroxylation is 1. The van der Waals surface area contributed by atoms with Crippen LogP contribution in [0.25, 0.3) is 0 Å². The van der Waals surface area contributed by atoms with Crippen LogP contribution >= 0.6 is 11.3 Å². The summed E-state index contributed by atoms with van der Waals surface area (Å²) in [4.78, 5) is 8.77. The molecule has 0 aliphatic carbocycles. The minimum Gasteiger partial charge on any atom is -0.454 e. The Labute approximate surface area is 139 Å². The smallest absolute Gasteiger partial charge is 0.231 e. The van der Waals surface area contributed by atoms with Gasteiger partial charge in [0, 0.05) is 19.0 Å². The number of guanidine groups is 1. The number of nitrogens with zero attached hydrogens (tertiary/aromatic N) is 2. The number of fused-ring (bicyclic) bond motifs is 1. The second-order valence-electron chi connectivity index (χ2n) is 5.05. The first kappa shape index (κ1) is 15.6. The maximum Gasteiger partial charge on any atom is 0.231 e. The van der Waals surface area contributed by atoms with Crippen molar-refractivity contribution in [3.05, 3.63) is 39.8 Å². The Hall–Kier alpha value is -2.28. The molecule has 0 spiro atoms. The predicted molar refractivity (Wildman–Crippen MR) is 91.1 cm³/mol. The van der Waals surface area contributed by atoms with Crippen LogP contribution in [0.2, 0.25) is 0 Å². The molecule has 0 saturated carbocycles. The second-order valence-corrected chi connectivity index (χ2v) is 6.00. The summed E-state index contributed by atoms with van der Waals surface area (Å²) in [7, 11) is 1.76. The molecule has 0 saturated heterocycles. The molecule has 1 aromatic heterocycles. The summed E-state index contributed by atoms with van der Waals surface area (Å²) in [5, 5.41) is 9.80. The Morgan fingerprint density at radius 1 is 1.26 bits per heavy atom. The lowest BCUT2D eigenvalue weighted by Crippen LogP contribution is -2.36. The topological polar surface area (TPSA) is 67.8 Å². The zero-order valence-corrected chi connectivity index (χ0v) is 14.1. The molecule has 23 heavy (non-hydrogen) atoms.